The van der Waals surface area contributed by atoms with E-state index in [9.17, 15) is 33.3 Å². The van der Waals surface area contributed by atoms with E-state index in [4.69, 9.17) is 24.3 Å². The van der Waals surface area contributed by atoms with Crippen LogP contribution in [0.5, 0.6) is 0 Å². The molecule has 1 saturated carbocycles. The topological polar surface area (TPSA) is 210 Å². The Morgan fingerprint density at radius 3 is 1.98 bits per heavy atom. The van der Waals surface area contributed by atoms with Crippen LogP contribution in [0.4, 0.5) is 8.78 Å². The molecule has 324 valence electrons. The van der Waals surface area contributed by atoms with E-state index in [0.29, 0.717) is 36.9 Å². The lowest BCUT2D eigenvalue weighted by molar-refractivity contribution is -0.163. The monoisotopic (exact) mass is 840 g/mol. The zero-order chi connectivity index (χ0) is 43.8. The summed E-state index contributed by atoms with van der Waals surface area (Å²) in [5, 5.41) is 5.66. The van der Waals surface area contributed by atoms with Crippen LogP contribution in [0.3, 0.4) is 0 Å². The molecule has 4 N–H and O–H groups in total. The molecule has 0 bridgehead atoms. The van der Waals surface area contributed by atoms with Crippen LogP contribution in [-0.4, -0.2) is 78.7 Å². The van der Waals surface area contributed by atoms with Gasteiger partial charge in [0, 0.05) is 30.6 Å². The predicted molar refractivity (Wildman–Crippen MR) is 209 cm³/mol. The van der Waals surface area contributed by atoms with Gasteiger partial charge in [-0.25, -0.2) is 0 Å². The molecule has 2 fully saturated rings. The fraction of sp³-hybridized carbons (Fsp3) is 0.650. The number of hydrogen-bond acceptors (Lipinski definition) is 11. The molecule has 1 unspecified atom stereocenters. The normalized spacial score (nSPS) is 19.4. The van der Waals surface area contributed by atoms with Crippen molar-refractivity contribution in [2.45, 2.75) is 125 Å². The number of primary amides is 1. The van der Waals surface area contributed by atoms with Crippen LogP contribution in [-0.2, 0) is 57.5 Å². The fourth-order valence-electron chi connectivity index (χ4n) is 6.17. The first kappa shape index (κ1) is 48.2. The summed E-state index contributed by atoms with van der Waals surface area (Å²) in [6.07, 6.45) is 4.18. The summed E-state index contributed by atoms with van der Waals surface area (Å²) in [7, 11) is -5.54. The number of carbonyl (C=O) groups excluding carboxylic acids is 6. The van der Waals surface area contributed by atoms with Crippen LogP contribution in [0.15, 0.2) is 30.3 Å². The summed E-state index contributed by atoms with van der Waals surface area (Å²) < 4.78 is 65.2. The fourth-order valence-corrected chi connectivity index (χ4v) is 7.42. The maximum atomic E-state index is 16.0. The zero-order valence-corrected chi connectivity index (χ0v) is 35.8. The van der Waals surface area contributed by atoms with E-state index in [1.807, 2.05) is 6.92 Å². The molecule has 0 radical (unpaired) electrons. The van der Waals surface area contributed by atoms with Crippen molar-refractivity contribution in [3.63, 3.8) is 0 Å². The van der Waals surface area contributed by atoms with Crippen molar-refractivity contribution >= 4 is 48.7 Å². The number of unbranched alkanes of at least 4 members (excludes halogenated alkanes) is 1. The van der Waals surface area contributed by atoms with Crippen LogP contribution in [0.1, 0.15) is 112 Å². The van der Waals surface area contributed by atoms with E-state index in [0.717, 1.165) is 25.0 Å². The molecular formula is C40H59F2N4O11P. The number of esters is 2. The van der Waals surface area contributed by atoms with Crippen molar-refractivity contribution in [3.8, 4) is 0 Å². The van der Waals surface area contributed by atoms with Gasteiger partial charge in [0.1, 0.15) is 12.1 Å². The van der Waals surface area contributed by atoms with Gasteiger partial charge in [-0.3, -0.25) is 42.4 Å². The number of nitrogens with zero attached hydrogens (tertiary/aromatic N) is 1. The van der Waals surface area contributed by atoms with Crippen LogP contribution in [0, 0.1) is 22.7 Å². The molecule has 15 nitrogen and oxygen atoms in total. The molecule has 1 aliphatic heterocycles. The summed E-state index contributed by atoms with van der Waals surface area (Å²) in [6, 6.07) is 2.46. The molecule has 1 aliphatic carbocycles. The van der Waals surface area contributed by atoms with Gasteiger partial charge in [-0.1, -0.05) is 44.0 Å². The average Bonchev–Trinajstić information content (AvgIpc) is 3.79. The molecule has 1 heterocycles. The Morgan fingerprint density at radius 1 is 0.931 bits per heavy atom. The van der Waals surface area contributed by atoms with Gasteiger partial charge in [-0.15, -0.1) is 0 Å². The van der Waals surface area contributed by atoms with Crippen LogP contribution in [0.2, 0.25) is 0 Å². The molecule has 2 aliphatic rings. The molecule has 1 aromatic rings. The van der Waals surface area contributed by atoms with Gasteiger partial charge in [-0.2, -0.15) is 8.78 Å². The van der Waals surface area contributed by atoms with Crippen molar-refractivity contribution in [2.75, 3.05) is 20.1 Å². The third kappa shape index (κ3) is 12.9. The van der Waals surface area contributed by atoms with Gasteiger partial charge in [0.05, 0.1) is 10.8 Å². The Kier molecular flexibility index (Phi) is 16.4. The van der Waals surface area contributed by atoms with E-state index in [1.165, 1.54) is 64.7 Å². The lowest BCUT2D eigenvalue weighted by atomic mass is 9.98. The predicted octanol–water partition coefficient (Wildman–Crippen LogP) is 5.75. The van der Waals surface area contributed by atoms with E-state index in [-0.39, 0.29) is 36.1 Å². The van der Waals surface area contributed by atoms with Crippen LogP contribution >= 0.6 is 7.60 Å². The third-order valence-corrected chi connectivity index (χ3v) is 11.6. The number of carbonyl (C=O) groups is 6. The summed E-state index contributed by atoms with van der Waals surface area (Å²) in [5.74, 6) is -3.23. The maximum Gasteiger partial charge on any atom is 0.410 e. The van der Waals surface area contributed by atoms with E-state index >= 15 is 8.78 Å². The second kappa shape index (κ2) is 19.7. The molecule has 58 heavy (non-hydrogen) atoms. The summed E-state index contributed by atoms with van der Waals surface area (Å²) in [4.78, 5) is 77.7. The first-order chi connectivity index (χ1) is 26.8. The summed E-state index contributed by atoms with van der Waals surface area (Å²) in [5.41, 5.74) is -1.26. The van der Waals surface area contributed by atoms with Gasteiger partial charge in [-0.05, 0) is 97.6 Å². The third-order valence-electron chi connectivity index (χ3n) is 9.80. The minimum absolute atomic E-state index is 0.0105. The highest BCUT2D eigenvalue weighted by Crippen LogP contribution is 2.67. The maximum absolute atomic E-state index is 16.0. The minimum Gasteiger partial charge on any atom is -0.438 e. The SMILES string of the molecule is CCCC[C@H](NC(=O)/C=C(\C)c1ccc(C(F)(F)P(=O)(OCOC(=O)C(C)(C)C)OCOC(=O)C(C)(C)C)cc1)C(=O)N1C[C@H]2C[C@H]2[C@H]1C(=O)NC(C)CCC(N)=O. The van der Waals surface area contributed by atoms with E-state index < -0.39 is 79.1 Å². The number of hydrogen-bond donors (Lipinski definition) is 3. The number of fused-ring (bicyclic) bond motifs is 1. The number of halogens is 2. The van der Waals surface area contributed by atoms with Crippen molar-refractivity contribution in [1.29, 1.82) is 0 Å². The summed E-state index contributed by atoms with van der Waals surface area (Å²) >= 11 is 0. The number of nitrogens with one attached hydrogen (secondary N) is 2. The van der Waals surface area contributed by atoms with Gasteiger partial charge < -0.3 is 30.7 Å². The second-order valence-corrected chi connectivity index (χ2v) is 19.1. The Bertz CT molecular complexity index is 1720. The van der Waals surface area contributed by atoms with Gasteiger partial charge >= 0.3 is 25.2 Å². The van der Waals surface area contributed by atoms with E-state index in [2.05, 4.69) is 10.6 Å². The Hall–Kier alpha value is -4.21. The molecule has 3 rings (SSSR count). The van der Waals surface area contributed by atoms with Crippen molar-refractivity contribution in [1.82, 2.24) is 15.5 Å². The van der Waals surface area contributed by atoms with Crippen molar-refractivity contribution < 1.29 is 60.6 Å². The number of amides is 4. The molecule has 1 aromatic carbocycles. The quantitative estimate of drug-likeness (QED) is 0.0623. The molecule has 18 heteroatoms. The van der Waals surface area contributed by atoms with Crippen molar-refractivity contribution in [3.05, 3.63) is 41.5 Å². The summed E-state index contributed by atoms with van der Waals surface area (Å²) in [6.45, 7) is 12.5. The second-order valence-electron chi connectivity index (χ2n) is 17.0. The Labute approximate surface area is 339 Å². The smallest absolute Gasteiger partial charge is 0.410 e. The molecule has 0 aromatic heterocycles. The molecule has 4 amide bonds. The highest BCUT2D eigenvalue weighted by molar-refractivity contribution is 7.54. The standard InChI is InChI=1S/C40H59F2N4O11P/c1-10-11-12-30(35(50)46-21-27-20-29(27)33(46)34(49)44-25(3)13-18-31(43)47)45-32(48)19-24(2)26-14-16-28(17-15-26)40(41,42)58(53,56-22-54-36(51)38(4,5)6)57-23-55-37(52)39(7,8)9/h14-17,19,25,27,29-30,33H,10-13,18,20-23H2,1-9H3,(H2,43,47)(H,44,49)(H,45,48)/b24-19+/t25?,27-,29-,30+,33+/m1/s1. The average molecular weight is 841 g/mol. The first-order valence-electron chi connectivity index (χ1n) is 19.4. The van der Waals surface area contributed by atoms with E-state index in [1.54, 1.807) is 13.8 Å². The number of benzene rings is 1. The lowest BCUT2D eigenvalue weighted by Crippen LogP contribution is -2.55. The number of ether oxygens (including phenoxy) is 2. The number of alkyl halides is 2. The zero-order valence-electron chi connectivity index (χ0n) is 34.9. The van der Waals surface area contributed by atoms with Gasteiger partial charge in [0.25, 0.3) is 0 Å². The lowest BCUT2D eigenvalue weighted by Gasteiger charge is -2.31. The number of rotatable bonds is 20. The van der Waals surface area contributed by atoms with Gasteiger partial charge in [0.15, 0.2) is 0 Å². The highest BCUT2D eigenvalue weighted by atomic mass is 31.2. The van der Waals surface area contributed by atoms with Gasteiger partial charge in [0.2, 0.25) is 37.2 Å². The minimum atomic E-state index is -5.54. The largest absolute Gasteiger partial charge is 0.438 e. The van der Waals surface area contributed by atoms with Crippen LogP contribution < -0.4 is 16.4 Å². The number of piperidine rings is 1. The molecule has 5 atom stereocenters. The number of likely N-dealkylation sites (tertiary alicyclic amines) is 1. The number of nitrogens with two attached hydrogens (primary N) is 1. The van der Waals surface area contributed by atoms with Crippen LogP contribution in [0.25, 0.3) is 5.57 Å². The number of allylic oxidation sites excluding steroid dienone is 1. The van der Waals surface area contributed by atoms with Crippen molar-refractivity contribution in [2.24, 2.45) is 28.4 Å². The molecule has 0 spiro atoms. The Balaban J connectivity index is 1.76. The molecular weight excluding hydrogens is 781 g/mol. The highest BCUT2D eigenvalue weighted by Gasteiger charge is 2.58. The Morgan fingerprint density at radius 2 is 1.48 bits per heavy atom. The molecule has 1 saturated heterocycles. The first-order valence-corrected chi connectivity index (χ1v) is 21.0.